The largest absolute Gasteiger partial charge is 0.415 e. The number of piperidine rings is 1. The van der Waals surface area contributed by atoms with Crippen LogP contribution in [-0.4, -0.2) is 89.5 Å². The molecule has 2 amide bonds. The number of nitrogens with zero attached hydrogens (tertiary/aromatic N) is 6. The van der Waals surface area contributed by atoms with E-state index in [-0.39, 0.29) is 40.2 Å². The summed E-state index contributed by atoms with van der Waals surface area (Å²) in [6.45, 7) is 3.01. The number of nitrogens with two attached hydrogens (primary N) is 1. The number of nitrogen functional groups attached to an aromatic ring is 1. The number of benzene rings is 1. The SMILES string of the molecule is CCNC(=O)[C@H]1O[C@@H](n2cnc3c(N)nc(C#CCC4CCN(C(=O)Oc5ccc([N+](=O)[O-])cc5)CC4)nc32)[C@H](O)[C@@H]1O. The van der Waals surface area contributed by atoms with Crippen LogP contribution in [0.5, 0.6) is 5.75 Å². The molecule has 16 nitrogen and oxygen atoms in total. The fraction of sp³-hybridized carbons (Fsp3) is 0.444. The van der Waals surface area contributed by atoms with Crippen LogP contribution in [0.2, 0.25) is 0 Å². The maximum Gasteiger partial charge on any atom is 0.415 e. The van der Waals surface area contributed by atoms with Gasteiger partial charge in [0, 0.05) is 38.2 Å². The van der Waals surface area contributed by atoms with E-state index in [2.05, 4.69) is 32.1 Å². The monoisotopic (exact) mass is 594 g/mol. The van der Waals surface area contributed by atoms with Gasteiger partial charge in [0.1, 0.15) is 23.5 Å². The van der Waals surface area contributed by atoms with Crippen molar-refractivity contribution in [1.82, 2.24) is 29.7 Å². The highest BCUT2D eigenvalue weighted by atomic mass is 16.6. The number of hydrogen-bond donors (Lipinski definition) is 4. The van der Waals surface area contributed by atoms with Gasteiger partial charge in [0.2, 0.25) is 5.82 Å². The van der Waals surface area contributed by atoms with E-state index in [1.165, 1.54) is 35.2 Å². The van der Waals surface area contributed by atoms with Gasteiger partial charge in [-0.05, 0) is 43.7 Å². The van der Waals surface area contributed by atoms with E-state index in [4.69, 9.17) is 15.2 Å². The Morgan fingerprint density at radius 3 is 2.60 bits per heavy atom. The average Bonchev–Trinajstić information content (AvgIpc) is 3.54. The number of likely N-dealkylation sites (tertiary alicyclic amines) is 1. The van der Waals surface area contributed by atoms with Crippen molar-refractivity contribution in [2.75, 3.05) is 25.4 Å². The molecular formula is C27H30N8O8. The van der Waals surface area contributed by atoms with Gasteiger partial charge >= 0.3 is 6.09 Å². The maximum atomic E-state index is 12.5. The molecule has 4 atom stereocenters. The maximum absolute atomic E-state index is 12.5. The van der Waals surface area contributed by atoms with Crippen molar-refractivity contribution in [2.45, 2.75) is 50.7 Å². The first-order valence-electron chi connectivity index (χ1n) is 13.7. The molecule has 3 aromatic rings. The topological polar surface area (TPSA) is 221 Å². The van der Waals surface area contributed by atoms with Crippen LogP contribution in [-0.2, 0) is 9.53 Å². The van der Waals surface area contributed by atoms with Gasteiger partial charge in [0.15, 0.2) is 23.8 Å². The van der Waals surface area contributed by atoms with E-state index in [1.54, 1.807) is 11.8 Å². The van der Waals surface area contributed by atoms with E-state index in [9.17, 15) is 29.9 Å². The number of amides is 2. The number of anilines is 1. The van der Waals surface area contributed by atoms with Crippen molar-refractivity contribution < 1.29 is 34.2 Å². The lowest BCUT2D eigenvalue weighted by Crippen LogP contribution is -2.42. The number of aromatic nitrogens is 4. The van der Waals surface area contributed by atoms with Gasteiger partial charge in [-0.15, -0.1) is 0 Å². The Balaban J connectivity index is 1.19. The number of non-ortho nitro benzene ring substituents is 1. The Labute approximate surface area is 245 Å². The molecule has 0 radical (unpaired) electrons. The van der Waals surface area contributed by atoms with Gasteiger partial charge in [0.05, 0.1) is 11.3 Å². The van der Waals surface area contributed by atoms with E-state index in [1.807, 2.05) is 0 Å². The van der Waals surface area contributed by atoms with Crippen molar-refractivity contribution >= 4 is 34.7 Å². The predicted molar refractivity (Wildman–Crippen MR) is 149 cm³/mol. The summed E-state index contributed by atoms with van der Waals surface area (Å²) in [5.41, 5.74) is 6.48. The zero-order chi connectivity index (χ0) is 30.7. The summed E-state index contributed by atoms with van der Waals surface area (Å²) in [6, 6.07) is 5.31. The molecule has 4 heterocycles. The van der Waals surface area contributed by atoms with Crippen LogP contribution in [0.25, 0.3) is 11.2 Å². The minimum Gasteiger partial charge on any atom is -0.410 e. The number of hydrogen-bond acceptors (Lipinski definition) is 12. The number of imidazole rings is 1. The number of ether oxygens (including phenoxy) is 2. The lowest BCUT2D eigenvalue weighted by Gasteiger charge is -2.30. The molecule has 0 unspecified atom stereocenters. The van der Waals surface area contributed by atoms with Gasteiger partial charge in [-0.25, -0.2) is 19.7 Å². The summed E-state index contributed by atoms with van der Waals surface area (Å²) in [4.78, 5) is 49.4. The molecule has 0 bridgehead atoms. The second-order valence-corrected chi connectivity index (χ2v) is 10.1. The quantitative estimate of drug-likeness (QED) is 0.176. The molecule has 0 saturated carbocycles. The van der Waals surface area contributed by atoms with E-state index < -0.39 is 41.5 Å². The number of nitro groups is 1. The number of nitro benzene ring substituents is 1. The average molecular weight is 595 g/mol. The molecule has 5 rings (SSSR count). The van der Waals surface area contributed by atoms with Crippen LogP contribution in [0.4, 0.5) is 16.3 Å². The molecule has 2 aliphatic heterocycles. The van der Waals surface area contributed by atoms with Crippen molar-refractivity contribution in [3.05, 3.63) is 46.5 Å². The highest BCUT2D eigenvalue weighted by molar-refractivity contribution is 5.83. The first kappa shape index (κ1) is 29.6. The number of carbonyl (C=O) groups excluding carboxylic acids is 2. The molecular weight excluding hydrogens is 564 g/mol. The van der Waals surface area contributed by atoms with Crippen LogP contribution < -0.4 is 15.8 Å². The smallest absolute Gasteiger partial charge is 0.410 e. The number of fused-ring (bicyclic) bond motifs is 1. The molecule has 43 heavy (non-hydrogen) atoms. The normalized spacial score (nSPS) is 22.2. The molecule has 2 aromatic heterocycles. The van der Waals surface area contributed by atoms with Crippen molar-refractivity contribution in [3.63, 3.8) is 0 Å². The lowest BCUT2D eigenvalue weighted by atomic mass is 9.94. The first-order valence-corrected chi connectivity index (χ1v) is 13.7. The van der Waals surface area contributed by atoms with Crippen molar-refractivity contribution in [3.8, 4) is 17.6 Å². The first-order chi connectivity index (χ1) is 20.7. The standard InChI is InChI=1S/C27H30N8O8/c1-2-29-25(38)22-20(36)21(37)26(43-22)34-14-30-19-23(28)31-18(32-24(19)34)5-3-4-15-10-12-33(13-11-15)27(39)42-17-8-6-16(7-9-17)35(40)41/h6-9,14-15,20-22,26,36-37H,2,4,10-13H2,1H3,(H,29,38)(H2,28,31,32)/t20-,21+,22-,26+/m0/s1. The number of aliphatic hydroxyl groups excluding tert-OH is 2. The fourth-order valence-electron chi connectivity index (χ4n) is 4.96. The van der Waals surface area contributed by atoms with Crippen LogP contribution in [0.15, 0.2) is 30.6 Å². The third kappa shape index (κ3) is 6.33. The molecule has 16 heteroatoms. The third-order valence-corrected chi connectivity index (χ3v) is 7.29. The summed E-state index contributed by atoms with van der Waals surface area (Å²) >= 11 is 0. The molecule has 0 spiro atoms. The summed E-state index contributed by atoms with van der Waals surface area (Å²) in [6.07, 6.45) is -2.55. The minimum absolute atomic E-state index is 0.0706. The number of nitrogens with one attached hydrogen (secondary N) is 1. The van der Waals surface area contributed by atoms with Gasteiger partial charge < -0.3 is 35.6 Å². The van der Waals surface area contributed by atoms with Gasteiger partial charge in [-0.3, -0.25) is 19.5 Å². The second-order valence-electron chi connectivity index (χ2n) is 10.1. The zero-order valence-corrected chi connectivity index (χ0v) is 23.1. The summed E-state index contributed by atoms with van der Waals surface area (Å²) in [7, 11) is 0. The molecule has 1 aromatic carbocycles. The minimum atomic E-state index is -1.46. The van der Waals surface area contributed by atoms with E-state index >= 15 is 0 Å². The molecule has 2 aliphatic rings. The van der Waals surface area contributed by atoms with E-state index in [0.29, 0.717) is 38.9 Å². The third-order valence-electron chi connectivity index (χ3n) is 7.29. The Kier molecular flexibility index (Phi) is 8.66. The summed E-state index contributed by atoms with van der Waals surface area (Å²) in [5, 5.41) is 34.3. The van der Waals surface area contributed by atoms with Gasteiger partial charge in [0.25, 0.3) is 11.6 Å². The van der Waals surface area contributed by atoms with Crippen LogP contribution in [0, 0.1) is 27.9 Å². The number of likely N-dealkylation sites (N-methyl/N-ethyl adjacent to an activating group) is 1. The Morgan fingerprint density at radius 1 is 1.21 bits per heavy atom. The van der Waals surface area contributed by atoms with Crippen LogP contribution in [0.3, 0.4) is 0 Å². The molecule has 2 fully saturated rings. The fourth-order valence-corrected chi connectivity index (χ4v) is 4.96. The predicted octanol–water partition coefficient (Wildman–Crippen LogP) is 0.725. The molecule has 226 valence electrons. The van der Waals surface area contributed by atoms with Crippen LogP contribution >= 0.6 is 0 Å². The van der Waals surface area contributed by atoms with E-state index in [0.717, 1.165) is 0 Å². The Hall–Kier alpha value is -4.85. The zero-order valence-electron chi connectivity index (χ0n) is 23.1. The molecule has 5 N–H and O–H groups in total. The molecule has 0 aliphatic carbocycles. The van der Waals surface area contributed by atoms with Gasteiger partial charge in [-0.2, -0.15) is 0 Å². The second kappa shape index (κ2) is 12.6. The van der Waals surface area contributed by atoms with Crippen molar-refractivity contribution in [1.29, 1.82) is 0 Å². The Bertz CT molecular complexity index is 1580. The number of aliphatic hydroxyl groups is 2. The van der Waals surface area contributed by atoms with Crippen LogP contribution in [0.1, 0.15) is 38.2 Å². The summed E-state index contributed by atoms with van der Waals surface area (Å²) < 4.78 is 12.4. The molecule has 2 saturated heterocycles. The lowest BCUT2D eigenvalue weighted by molar-refractivity contribution is -0.384. The van der Waals surface area contributed by atoms with Crippen molar-refractivity contribution in [2.24, 2.45) is 5.92 Å². The van der Waals surface area contributed by atoms with Gasteiger partial charge in [-0.1, -0.05) is 5.92 Å². The Morgan fingerprint density at radius 2 is 1.93 bits per heavy atom. The highest BCUT2D eigenvalue weighted by Gasteiger charge is 2.47. The summed E-state index contributed by atoms with van der Waals surface area (Å²) in [5.74, 6) is 6.08. The highest BCUT2D eigenvalue weighted by Crippen LogP contribution is 2.32. The number of carbonyl (C=O) groups is 2. The number of rotatable bonds is 6.